The normalized spacial score (nSPS) is 11.9. The maximum Gasteiger partial charge on any atom is 0.330 e. The summed E-state index contributed by atoms with van der Waals surface area (Å²) < 4.78 is 10.5. The highest BCUT2D eigenvalue weighted by molar-refractivity contribution is 5.86. The van der Waals surface area contributed by atoms with Crippen molar-refractivity contribution in [2.24, 2.45) is 5.92 Å². The van der Waals surface area contributed by atoms with Crippen LogP contribution in [-0.4, -0.2) is 18.7 Å². The van der Waals surface area contributed by atoms with E-state index < -0.39 is 0 Å². The van der Waals surface area contributed by atoms with Crippen LogP contribution >= 0.6 is 0 Å². The fourth-order valence-electron chi connectivity index (χ4n) is 2.22. The van der Waals surface area contributed by atoms with E-state index in [9.17, 15) is 4.79 Å². The zero-order chi connectivity index (χ0) is 15.2. The summed E-state index contributed by atoms with van der Waals surface area (Å²) in [5.41, 5.74) is 0.752. The number of hydrogen-bond acceptors (Lipinski definition) is 3. The van der Waals surface area contributed by atoms with Gasteiger partial charge in [0.2, 0.25) is 0 Å². The standard InChI is InChI=1S/C17H24O3/c1-13(2)12-17(3,4)20-15-9-6-14(7-10-15)8-11-16(18)19-5/h6-11,13H,12H2,1-5H3/b11-8+. The molecule has 110 valence electrons. The Balaban J connectivity index is 2.67. The minimum absolute atomic E-state index is 0.183. The van der Waals surface area contributed by atoms with E-state index in [1.807, 2.05) is 24.3 Å². The van der Waals surface area contributed by atoms with E-state index >= 15 is 0 Å². The molecule has 0 bridgehead atoms. The van der Waals surface area contributed by atoms with Crippen LogP contribution in [0.2, 0.25) is 0 Å². The lowest BCUT2D eigenvalue weighted by molar-refractivity contribution is -0.134. The highest BCUT2D eigenvalue weighted by Crippen LogP contribution is 2.24. The monoisotopic (exact) mass is 276 g/mol. The van der Waals surface area contributed by atoms with Crippen molar-refractivity contribution in [2.75, 3.05) is 7.11 Å². The van der Waals surface area contributed by atoms with Crippen LogP contribution in [0.1, 0.15) is 39.7 Å². The number of benzene rings is 1. The van der Waals surface area contributed by atoms with Gasteiger partial charge in [-0.15, -0.1) is 0 Å². The highest BCUT2D eigenvalue weighted by Gasteiger charge is 2.21. The van der Waals surface area contributed by atoms with Gasteiger partial charge in [-0.3, -0.25) is 0 Å². The van der Waals surface area contributed by atoms with E-state index in [-0.39, 0.29) is 11.6 Å². The summed E-state index contributed by atoms with van der Waals surface area (Å²) >= 11 is 0. The Hall–Kier alpha value is -1.77. The Morgan fingerprint density at radius 2 is 1.85 bits per heavy atom. The molecule has 20 heavy (non-hydrogen) atoms. The van der Waals surface area contributed by atoms with Gasteiger partial charge in [-0.2, -0.15) is 0 Å². The summed E-state index contributed by atoms with van der Waals surface area (Å²) in [5, 5.41) is 0. The van der Waals surface area contributed by atoms with Crippen LogP contribution < -0.4 is 4.74 Å². The van der Waals surface area contributed by atoms with Gasteiger partial charge in [-0.05, 0) is 50.0 Å². The van der Waals surface area contributed by atoms with E-state index in [4.69, 9.17) is 4.74 Å². The second kappa shape index (κ2) is 7.13. The zero-order valence-corrected chi connectivity index (χ0v) is 13.0. The molecule has 0 aliphatic carbocycles. The first-order valence-corrected chi connectivity index (χ1v) is 6.87. The zero-order valence-electron chi connectivity index (χ0n) is 13.0. The third-order valence-electron chi connectivity index (χ3n) is 2.79. The van der Waals surface area contributed by atoms with E-state index in [1.165, 1.54) is 13.2 Å². The Morgan fingerprint density at radius 1 is 1.25 bits per heavy atom. The lowest BCUT2D eigenvalue weighted by Gasteiger charge is -2.28. The van der Waals surface area contributed by atoms with Crippen molar-refractivity contribution in [3.8, 4) is 5.75 Å². The molecule has 1 rings (SSSR count). The van der Waals surface area contributed by atoms with Crippen molar-refractivity contribution in [3.63, 3.8) is 0 Å². The van der Waals surface area contributed by atoms with Crippen molar-refractivity contribution in [2.45, 2.75) is 39.7 Å². The number of carbonyl (C=O) groups is 1. The van der Waals surface area contributed by atoms with E-state index in [1.54, 1.807) is 6.08 Å². The number of rotatable bonds is 6. The number of carbonyl (C=O) groups excluding carboxylic acids is 1. The van der Waals surface area contributed by atoms with Crippen LogP contribution in [-0.2, 0) is 9.53 Å². The molecule has 0 spiro atoms. The first-order chi connectivity index (χ1) is 9.32. The lowest BCUT2D eigenvalue weighted by Crippen LogP contribution is -2.29. The summed E-state index contributed by atoms with van der Waals surface area (Å²) in [6, 6.07) is 7.67. The van der Waals surface area contributed by atoms with Crippen molar-refractivity contribution < 1.29 is 14.3 Å². The lowest BCUT2D eigenvalue weighted by atomic mass is 9.96. The molecule has 0 aromatic heterocycles. The minimum Gasteiger partial charge on any atom is -0.488 e. The van der Waals surface area contributed by atoms with Gasteiger partial charge in [0.25, 0.3) is 0 Å². The smallest absolute Gasteiger partial charge is 0.330 e. The van der Waals surface area contributed by atoms with Crippen LogP contribution in [0.25, 0.3) is 6.08 Å². The molecule has 3 heteroatoms. The molecular formula is C17H24O3. The largest absolute Gasteiger partial charge is 0.488 e. The Kier molecular flexibility index (Phi) is 5.81. The third kappa shape index (κ3) is 5.91. The van der Waals surface area contributed by atoms with Crippen molar-refractivity contribution >= 4 is 12.0 Å². The third-order valence-corrected chi connectivity index (χ3v) is 2.79. The Morgan fingerprint density at radius 3 is 2.35 bits per heavy atom. The number of methoxy groups -OCH3 is 1. The number of ether oxygens (including phenoxy) is 2. The van der Waals surface area contributed by atoms with Gasteiger partial charge < -0.3 is 9.47 Å². The molecule has 0 saturated carbocycles. The maximum absolute atomic E-state index is 11.0. The summed E-state index contributed by atoms with van der Waals surface area (Å²) in [7, 11) is 1.36. The molecule has 3 nitrogen and oxygen atoms in total. The fourth-order valence-corrected chi connectivity index (χ4v) is 2.22. The van der Waals surface area contributed by atoms with Crippen molar-refractivity contribution in [3.05, 3.63) is 35.9 Å². The van der Waals surface area contributed by atoms with Gasteiger partial charge >= 0.3 is 5.97 Å². The summed E-state index contributed by atoms with van der Waals surface area (Å²) in [6.07, 6.45) is 4.12. The second-order valence-corrected chi connectivity index (χ2v) is 5.89. The molecule has 0 amide bonds. The molecule has 0 atom stereocenters. The molecule has 0 N–H and O–H groups in total. The summed E-state index contributed by atoms with van der Waals surface area (Å²) in [4.78, 5) is 11.0. The van der Waals surface area contributed by atoms with Gasteiger partial charge in [0, 0.05) is 6.08 Å². The molecule has 0 unspecified atom stereocenters. The Labute approximate surface area is 121 Å². The molecule has 0 saturated heterocycles. The molecule has 1 aromatic carbocycles. The number of hydrogen-bond donors (Lipinski definition) is 0. The molecule has 0 aliphatic rings. The average molecular weight is 276 g/mol. The van der Waals surface area contributed by atoms with E-state index in [0.717, 1.165) is 17.7 Å². The van der Waals surface area contributed by atoms with Gasteiger partial charge in [0.1, 0.15) is 11.4 Å². The number of esters is 1. The molecule has 0 fully saturated rings. The maximum atomic E-state index is 11.0. The quantitative estimate of drug-likeness (QED) is 0.580. The minimum atomic E-state index is -0.358. The first kappa shape index (κ1) is 16.3. The second-order valence-electron chi connectivity index (χ2n) is 5.89. The van der Waals surface area contributed by atoms with Gasteiger partial charge in [0.15, 0.2) is 0 Å². The SMILES string of the molecule is COC(=O)/C=C/c1ccc(OC(C)(C)CC(C)C)cc1. The van der Waals surface area contributed by atoms with Crippen molar-refractivity contribution in [1.82, 2.24) is 0 Å². The predicted molar refractivity (Wildman–Crippen MR) is 81.7 cm³/mol. The Bertz CT molecular complexity index is 456. The van der Waals surface area contributed by atoms with Crippen LogP contribution in [0.5, 0.6) is 5.75 Å². The molecule has 0 aliphatic heterocycles. The highest BCUT2D eigenvalue weighted by atomic mass is 16.5. The topological polar surface area (TPSA) is 35.5 Å². The van der Waals surface area contributed by atoms with Gasteiger partial charge in [-0.25, -0.2) is 4.79 Å². The summed E-state index contributed by atoms with van der Waals surface area (Å²) in [5.74, 6) is 1.07. The summed E-state index contributed by atoms with van der Waals surface area (Å²) in [6.45, 7) is 8.56. The van der Waals surface area contributed by atoms with E-state index in [0.29, 0.717) is 5.92 Å². The van der Waals surface area contributed by atoms with Crippen LogP contribution in [0, 0.1) is 5.92 Å². The van der Waals surface area contributed by atoms with Gasteiger partial charge in [-0.1, -0.05) is 26.0 Å². The molecule has 1 aromatic rings. The molecule has 0 heterocycles. The van der Waals surface area contributed by atoms with Crippen molar-refractivity contribution in [1.29, 1.82) is 0 Å². The fraction of sp³-hybridized carbons (Fsp3) is 0.471. The van der Waals surface area contributed by atoms with Gasteiger partial charge in [0.05, 0.1) is 7.11 Å². The average Bonchev–Trinajstić information content (AvgIpc) is 2.35. The van der Waals surface area contributed by atoms with Crippen LogP contribution in [0.15, 0.2) is 30.3 Å². The first-order valence-electron chi connectivity index (χ1n) is 6.87. The molecular weight excluding hydrogens is 252 g/mol. The van der Waals surface area contributed by atoms with Crippen LogP contribution in [0.4, 0.5) is 0 Å². The predicted octanol–water partition coefficient (Wildman–Crippen LogP) is 4.08. The molecule has 0 radical (unpaired) electrons. The van der Waals surface area contributed by atoms with E-state index in [2.05, 4.69) is 32.4 Å². The van der Waals surface area contributed by atoms with Crippen LogP contribution in [0.3, 0.4) is 0 Å².